The van der Waals surface area contributed by atoms with Crippen LogP contribution in [0.3, 0.4) is 0 Å². The molecule has 3 rings (SSSR count). The molecule has 27 heavy (non-hydrogen) atoms. The Hall–Kier alpha value is -1.77. The van der Waals surface area contributed by atoms with Crippen molar-refractivity contribution in [1.29, 1.82) is 0 Å². The molecule has 0 bridgehead atoms. The van der Waals surface area contributed by atoms with Gasteiger partial charge >= 0.3 is 6.18 Å². The number of nitrogens with one attached hydrogen (secondary N) is 1. The van der Waals surface area contributed by atoms with Gasteiger partial charge in [-0.2, -0.15) is 18.2 Å². The van der Waals surface area contributed by atoms with Crippen LogP contribution in [0.1, 0.15) is 12.0 Å². The molecule has 5 nitrogen and oxygen atoms in total. The van der Waals surface area contributed by atoms with E-state index in [-0.39, 0.29) is 11.8 Å². The van der Waals surface area contributed by atoms with Crippen LogP contribution in [0.2, 0.25) is 10.0 Å². The van der Waals surface area contributed by atoms with Gasteiger partial charge in [-0.05, 0) is 38.2 Å². The van der Waals surface area contributed by atoms with Gasteiger partial charge in [0.15, 0.2) is 0 Å². The Kier molecular flexibility index (Phi) is 5.98. The number of halogens is 5. The Bertz CT molecular complexity index is 816. The minimum absolute atomic E-state index is 0.0639. The minimum Gasteiger partial charge on any atom is -0.355 e. The Morgan fingerprint density at radius 1 is 1.07 bits per heavy atom. The molecule has 0 aliphatic carbocycles. The van der Waals surface area contributed by atoms with E-state index in [0.717, 1.165) is 19.2 Å². The predicted octanol–water partition coefficient (Wildman–Crippen LogP) is 4.69. The number of rotatable bonds is 3. The molecule has 2 aromatic rings. The molecule has 10 heteroatoms. The van der Waals surface area contributed by atoms with Crippen LogP contribution in [-0.2, 0) is 6.18 Å². The predicted molar refractivity (Wildman–Crippen MR) is 101 cm³/mol. The Morgan fingerprint density at radius 3 is 2.56 bits per heavy atom. The number of hydrogen-bond donors (Lipinski definition) is 1. The van der Waals surface area contributed by atoms with E-state index >= 15 is 0 Å². The highest BCUT2D eigenvalue weighted by atomic mass is 35.5. The number of likely N-dealkylation sites (N-methyl/N-ethyl adjacent to an activating group) is 1. The smallest absolute Gasteiger partial charge is 0.355 e. The molecular weight excluding hydrogens is 402 g/mol. The van der Waals surface area contributed by atoms with Crippen molar-refractivity contribution in [2.75, 3.05) is 43.4 Å². The summed E-state index contributed by atoms with van der Waals surface area (Å²) in [5.74, 6) is -0.0515. The summed E-state index contributed by atoms with van der Waals surface area (Å²) < 4.78 is 40.4. The van der Waals surface area contributed by atoms with Crippen molar-refractivity contribution in [2.45, 2.75) is 12.6 Å². The maximum atomic E-state index is 13.5. The quantitative estimate of drug-likeness (QED) is 0.781. The molecule has 0 radical (unpaired) electrons. The normalized spacial score (nSPS) is 16.3. The molecular formula is C17H18Cl2F3N5. The van der Waals surface area contributed by atoms with Gasteiger partial charge in [-0.25, -0.2) is 4.98 Å². The van der Waals surface area contributed by atoms with Gasteiger partial charge in [0.2, 0.25) is 5.95 Å². The molecule has 0 atom stereocenters. The van der Waals surface area contributed by atoms with Gasteiger partial charge in [-0.15, -0.1) is 0 Å². The standard InChI is InChI=1S/C17H18Cl2F3N5/c1-26-5-2-6-27(8-7-26)15-12(17(20,21)22)10-23-16(25-15)24-11-3-4-13(18)14(19)9-11/h3-4,9-10H,2,5-8H2,1H3,(H,23,24,25). The van der Waals surface area contributed by atoms with E-state index in [1.165, 1.54) is 0 Å². The summed E-state index contributed by atoms with van der Waals surface area (Å²) in [6.07, 6.45) is -2.96. The van der Waals surface area contributed by atoms with Crippen LogP contribution in [0.25, 0.3) is 0 Å². The Balaban J connectivity index is 1.93. The van der Waals surface area contributed by atoms with Crippen LogP contribution in [0.5, 0.6) is 0 Å². The zero-order valence-electron chi connectivity index (χ0n) is 14.5. The zero-order valence-corrected chi connectivity index (χ0v) is 16.0. The van der Waals surface area contributed by atoms with Crippen molar-refractivity contribution >= 4 is 40.7 Å². The monoisotopic (exact) mass is 419 g/mol. The molecule has 2 heterocycles. The molecule has 1 aliphatic heterocycles. The second-order valence-corrected chi connectivity index (χ2v) is 7.14. The minimum atomic E-state index is -4.53. The van der Waals surface area contributed by atoms with Gasteiger partial charge in [0.1, 0.15) is 11.4 Å². The van der Waals surface area contributed by atoms with E-state index in [1.807, 2.05) is 7.05 Å². The number of anilines is 3. The first-order valence-electron chi connectivity index (χ1n) is 8.34. The molecule has 0 spiro atoms. The van der Waals surface area contributed by atoms with Crippen LogP contribution >= 0.6 is 23.2 Å². The molecule has 1 aromatic heterocycles. The Morgan fingerprint density at radius 2 is 1.85 bits per heavy atom. The molecule has 1 fully saturated rings. The van der Waals surface area contributed by atoms with Crippen molar-refractivity contribution in [3.63, 3.8) is 0 Å². The first kappa shape index (κ1) is 20.0. The van der Waals surface area contributed by atoms with Crippen LogP contribution in [0.15, 0.2) is 24.4 Å². The number of alkyl halides is 3. The second-order valence-electron chi connectivity index (χ2n) is 6.33. The molecule has 146 valence electrons. The summed E-state index contributed by atoms with van der Waals surface area (Å²) >= 11 is 11.9. The van der Waals surface area contributed by atoms with E-state index in [4.69, 9.17) is 23.2 Å². The van der Waals surface area contributed by atoms with E-state index in [9.17, 15) is 13.2 Å². The summed E-state index contributed by atoms with van der Waals surface area (Å²) in [7, 11) is 1.95. The fourth-order valence-electron chi connectivity index (χ4n) is 2.84. The lowest BCUT2D eigenvalue weighted by Crippen LogP contribution is -2.31. The molecule has 1 aliphatic rings. The summed E-state index contributed by atoms with van der Waals surface area (Å²) in [5.41, 5.74) is -0.308. The summed E-state index contributed by atoms with van der Waals surface area (Å²) in [6, 6.07) is 4.79. The molecule has 1 saturated heterocycles. The van der Waals surface area contributed by atoms with E-state index < -0.39 is 11.7 Å². The second kappa shape index (κ2) is 8.08. The van der Waals surface area contributed by atoms with Gasteiger partial charge in [0.05, 0.1) is 10.0 Å². The van der Waals surface area contributed by atoms with E-state index in [2.05, 4.69) is 20.2 Å². The van der Waals surface area contributed by atoms with E-state index in [1.54, 1.807) is 23.1 Å². The third kappa shape index (κ3) is 4.94. The van der Waals surface area contributed by atoms with Crippen molar-refractivity contribution in [3.05, 3.63) is 40.0 Å². The fraction of sp³-hybridized carbons (Fsp3) is 0.412. The first-order chi connectivity index (χ1) is 12.7. The van der Waals surface area contributed by atoms with Crippen LogP contribution in [-0.4, -0.2) is 48.1 Å². The van der Waals surface area contributed by atoms with Crippen molar-refractivity contribution in [3.8, 4) is 0 Å². The lowest BCUT2D eigenvalue weighted by molar-refractivity contribution is -0.137. The molecule has 0 unspecified atom stereocenters. The van der Waals surface area contributed by atoms with E-state index in [0.29, 0.717) is 35.4 Å². The fourth-order valence-corrected chi connectivity index (χ4v) is 3.13. The number of benzene rings is 1. The average molecular weight is 420 g/mol. The maximum Gasteiger partial charge on any atom is 0.421 e. The first-order valence-corrected chi connectivity index (χ1v) is 9.09. The van der Waals surface area contributed by atoms with Gasteiger partial charge < -0.3 is 15.1 Å². The summed E-state index contributed by atoms with van der Waals surface area (Å²) in [6.45, 7) is 2.45. The van der Waals surface area contributed by atoms with Crippen LogP contribution in [0.4, 0.5) is 30.6 Å². The van der Waals surface area contributed by atoms with Gasteiger partial charge in [-0.3, -0.25) is 0 Å². The lowest BCUT2D eigenvalue weighted by atomic mass is 10.2. The highest BCUT2D eigenvalue weighted by Crippen LogP contribution is 2.36. The average Bonchev–Trinajstić information content (AvgIpc) is 2.82. The summed E-state index contributed by atoms with van der Waals surface area (Å²) in [4.78, 5) is 11.7. The molecule has 1 aromatic carbocycles. The lowest BCUT2D eigenvalue weighted by Gasteiger charge is -2.25. The molecule has 0 saturated carbocycles. The molecule has 0 amide bonds. The number of aromatic nitrogens is 2. The highest BCUT2D eigenvalue weighted by Gasteiger charge is 2.37. The van der Waals surface area contributed by atoms with Crippen molar-refractivity contribution < 1.29 is 13.2 Å². The van der Waals surface area contributed by atoms with Gasteiger partial charge in [-0.1, -0.05) is 23.2 Å². The van der Waals surface area contributed by atoms with Crippen LogP contribution < -0.4 is 10.2 Å². The largest absolute Gasteiger partial charge is 0.421 e. The Labute approximate surface area is 165 Å². The zero-order chi connectivity index (χ0) is 19.6. The van der Waals surface area contributed by atoms with Gasteiger partial charge in [0.25, 0.3) is 0 Å². The third-order valence-corrected chi connectivity index (χ3v) is 5.01. The maximum absolute atomic E-state index is 13.5. The van der Waals surface area contributed by atoms with Crippen LogP contribution in [0, 0.1) is 0 Å². The van der Waals surface area contributed by atoms with Crippen molar-refractivity contribution in [1.82, 2.24) is 14.9 Å². The molecule has 1 N–H and O–H groups in total. The SMILES string of the molecule is CN1CCCN(c2nc(Nc3ccc(Cl)c(Cl)c3)ncc2C(F)(F)F)CC1. The number of nitrogens with zero attached hydrogens (tertiary/aromatic N) is 4. The number of hydrogen-bond acceptors (Lipinski definition) is 5. The third-order valence-electron chi connectivity index (χ3n) is 4.27. The van der Waals surface area contributed by atoms with Gasteiger partial charge in [0, 0.05) is 31.5 Å². The van der Waals surface area contributed by atoms with Crippen molar-refractivity contribution in [2.24, 2.45) is 0 Å². The topological polar surface area (TPSA) is 44.3 Å². The highest BCUT2D eigenvalue weighted by molar-refractivity contribution is 6.42. The summed E-state index contributed by atoms with van der Waals surface area (Å²) in [5, 5.41) is 3.59.